The van der Waals surface area contributed by atoms with Gasteiger partial charge in [-0.25, -0.2) is 4.99 Å². The minimum Gasteiger partial charge on any atom is -0.354 e. The predicted molar refractivity (Wildman–Crippen MR) is 110 cm³/mol. The van der Waals surface area contributed by atoms with Gasteiger partial charge in [0.15, 0.2) is 5.96 Å². The second-order valence-electron chi connectivity index (χ2n) is 6.08. The third-order valence-electron chi connectivity index (χ3n) is 3.49. The number of benzene rings is 1. The monoisotopic (exact) mass is 446 g/mol. The van der Waals surface area contributed by atoms with Gasteiger partial charge in [0.1, 0.15) is 0 Å². The van der Waals surface area contributed by atoms with Gasteiger partial charge in [0, 0.05) is 24.7 Å². The first-order valence-electron chi connectivity index (χ1n) is 7.72. The Morgan fingerprint density at radius 1 is 1.29 bits per heavy atom. The smallest absolute Gasteiger partial charge is 0.269 e. The van der Waals surface area contributed by atoms with Crippen LogP contribution in [0.1, 0.15) is 33.3 Å². The maximum Gasteiger partial charge on any atom is 0.269 e. The zero-order chi connectivity index (χ0) is 17.4. The highest BCUT2D eigenvalue weighted by Crippen LogP contribution is 2.12. The summed E-state index contributed by atoms with van der Waals surface area (Å²) in [6, 6.07) is 6.73. The standard InChI is InChI=1S/C17H26N4O2.HI/c1-12(2)10-18-17(20-14(5)13(3)4)19-11-15-6-8-16(9-7-15)21(22)23;/h6-9,13-14H,1,10-11H2,2-5H3,(H2,18,19,20);1H. The fraction of sp³-hybridized carbons (Fsp3) is 0.471. The van der Waals surface area contributed by atoms with E-state index in [9.17, 15) is 10.1 Å². The van der Waals surface area contributed by atoms with Gasteiger partial charge in [-0.15, -0.1) is 24.0 Å². The third kappa shape index (κ3) is 8.28. The Morgan fingerprint density at radius 2 is 1.88 bits per heavy atom. The molecule has 0 aromatic heterocycles. The van der Waals surface area contributed by atoms with E-state index in [1.165, 1.54) is 12.1 Å². The molecule has 24 heavy (non-hydrogen) atoms. The minimum atomic E-state index is -0.404. The van der Waals surface area contributed by atoms with Crippen LogP contribution in [0.5, 0.6) is 0 Å². The van der Waals surface area contributed by atoms with Crippen LogP contribution in [0.3, 0.4) is 0 Å². The average molecular weight is 446 g/mol. The highest BCUT2D eigenvalue weighted by molar-refractivity contribution is 14.0. The van der Waals surface area contributed by atoms with Crippen molar-refractivity contribution in [3.8, 4) is 0 Å². The highest BCUT2D eigenvalue weighted by atomic mass is 127. The first-order valence-corrected chi connectivity index (χ1v) is 7.72. The summed E-state index contributed by atoms with van der Waals surface area (Å²) in [7, 11) is 0. The number of halogens is 1. The molecule has 1 atom stereocenters. The number of nitrogens with one attached hydrogen (secondary N) is 2. The van der Waals surface area contributed by atoms with Gasteiger partial charge in [-0.2, -0.15) is 0 Å². The molecule has 7 heteroatoms. The van der Waals surface area contributed by atoms with Crippen molar-refractivity contribution in [1.29, 1.82) is 0 Å². The van der Waals surface area contributed by atoms with Crippen molar-refractivity contribution in [2.45, 2.75) is 40.3 Å². The van der Waals surface area contributed by atoms with Gasteiger partial charge in [0.2, 0.25) is 0 Å². The van der Waals surface area contributed by atoms with Crippen LogP contribution in [0, 0.1) is 16.0 Å². The molecule has 0 aliphatic rings. The van der Waals surface area contributed by atoms with Crippen molar-refractivity contribution in [3.63, 3.8) is 0 Å². The number of non-ortho nitro benzene ring substituents is 1. The number of nitro groups is 1. The molecule has 0 aliphatic carbocycles. The van der Waals surface area contributed by atoms with Crippen molar-refractivity contribution < 1.29 is 4.92 Å². The van der Waals surface area contributed by atoms with E-state index in [1.54, 1.807) is 12.1 Å². The lowest BCUT2D eigenvalue weighted by Crippen LogP contribution is -2.44. The fourth-order valence-electron chi connectivity index (χ4n) is 1.66. The van der Waals surface area contributed by atoms with E-state index in [0.29, 0.717) is 25.0 Å². The molecule has 0 aliphatic heterocycles. The molecule has 1 rings (SSSR count). The molecule has 0 saturated heterocycles. The van der Waals surface area contributed by atoms with Crippen LogP contribution < -0.4 is 10.6 Å². The highest BCUT2D eigenvalue weighted by Gasteiger charge is 2.09. The van der Waals surface area contributed by atoms with Gasteiger partial charge in [-0.05, 0) is 25.3 Å². The first kappa shape index (κ1) is 22.4. The van der Waals surface area contributed by atoms with Gasteiger partial charge in [0.05, 0.1) is 11.5 Å². The molecule has 1 aromatic carbocycles. The van der Waals surface area contributed by atoms with Crippen molar-refractivity contribution >= 4 is 35.6 Å². The van der Waals surface area contributed by atoms with E-state index in [0.717, 1.165) is 11.1 Å². The molecular formula is C17H27IN4O2. The van der Waals surface area contributed by atoms with Crippen molar-refractivity contribution in [3.05, 3.63) is 52.1 Å². The second kappa shape index (κ2) is 11.0. The van der Waals surface area contributed by atoms with Crippen LogP contribution in [-0.2, 0) is 6.54 Å². The molecule has 134 valence electrons. The van der Waals surface area contributed by atoms with Crippen molar-refractivity contribution in [2.24, 2.45) is 10.9 Å². The number of nitrogens with zero attached hydrogens (tertiary/aromatic N) is 2. The number of aliphatic imine (C=N–C) groups is 1. The SMILES string of the molecule is C=C(C)CNC(=NCc1ccc([N+](=O)[O-])cc1)NC(C)C(C)C.I. The summed E-state index contributed by atoms with van der Waals surface area (Å²) in [5.74, 6) is 1.19. The van der Waals surface area contributed by atoms with E-state index in [4.69, 9.17) is 0 Å². The van der Waals surface area contributed by atoms with Crippen LogP contribution in [0.4, 0.5) is 5.69 Å². The summed E-state index contributed by atoms with van der Waals surface area (Å²) >= 11 is 0. The molecule has 6 nitrogen and oxygen atoms in total. The zero-order valence-corrected chi connectivity index (χ0v) is 17.0. The molecular weight excluding hydrogens is 419 g/mol. The Kier molecular flexibility index (Phi) is 10.3. The molecule has 0 heterocycles. The summed E-state index contributed by atoms with van der Waals surface area (Å²) in [6.07, 6.45) is 0. The van der Waals surface area contributed by atoms with Gasteiger partial charge in [-0.3, -0.25) is 10.1 Å². The summed E-state index contributed by atoms with van der Waals surface area (Å²) in [4.78, 5) is 14.8. The molecule has 0 radical (unpaired) electrons. The largest absolute Gasteiger partial charge is 0.354 e. The van der Waals surface area contributed by atoms with E-state index < -0.39 is 4.92 Å². The Hall–Kier alpha value is -1.64. The zero-order valence-electron chi connectivity index (χ0n) is 14.7. The summed E-state index contributed by atoms with van der Waals surface area (Å²) in [6.45, 7) is 13.3. The van der Waals surface area contributed by atoms with Gasteiger partial charge in [-0.1, -0.05) is 38.1 Å². The molecule has 0 amide bonds. The molecule has 0 saturated carbocycles. The maximum absolute atomic E-state index is 10.7. The third-order valence-corrected chi connectivity index (χ3v) is 3.49. The molecule has 0 bridgehead atoms. The van der Waals surface area contributed by atoms with Crippen molar-refractivity contribution in [1.82, 2.24) is 10.6 Å². The lowest BCUT2D eigenvalue weighted by molar-refractivity contribution is -0.384. The van der Waals surface area contributed by atoms with E-state index in [1.807, 2.05) is 6.92 Å². The molecule has 0 fully saturated rings. The van der Waals surface area contributed by atoms with Crippen LogP contribution in [0.15, 0.2) is 41.4 Å². The number of guanidine groups is 1. The van der Waals surface area contributed by atoms with Gasteiger partial charge < -0.3 is 10.6 Å². The van der Waals surface area contributed by atoms with Crippen LogP contribution in [0.25, 0.3) is 0 Å². The number of hydrogen-bond acceptors (Lipinski definition) is 3. The summed E-state index contributed by atoms with van der Waals surface area (Å²) < 4.78 is 0. The van der Waals surface area contributed by atoms with Crippen LogP contribution in [0.2, 0.25) is 0 Å². The van der Waals surface area contributed by atoms with E-state index in [-0.39, 0.29) is 35.7 Å². The lowest BCUT2D eigenvalue weighted by Gasteiger charge is -2.21. The van der Waals surface area contributed by atoms with Gasteiger partial charge in [0.25, 0.3) is 5.69 Å². The average Bonchev–Trinajstić information content (AvgIpc) is 2.49. The van der Waals surface area contributed by atoms with E-state index in [2.05, 4.69) is 43.0 Å². The second-order valence-corrected chi connectivity index (χ2v) is 6.08. The van der Waals surface area contributed by atoms with Crippen LogP contribution in [-0.4, -0.2) is 23.5 Å². The Morgan fingerprint density at radius 3 is 2.33 bits per heavy atom. The van der Waals surface area contributed by atoms with Gasteiger partial charge >= 0.3 is 0 Å². The normalized spacial score (nSPS) is 12.3. The number of rotatable bonds is 7. The quantitative estimate of drug-likeness (QED) is 0.167. The summed E-state index contributed by atoms with van der Waals surface area (Å²) in [5.41, 5.74) is 2.03. The topological polar surface area (TPSA) is 79.6 Å². The number of hydrogen-bond donors (Lipinski definition) is 2. The first-order chi connectivity index (χ1) is 10.8. The number of nitro benzene ring substituents is 1. The maximum atomic E-state index is 10.7. The Labute approximate surface area is 161 Å². The minimum absolute atomic E-state index is 0. The van der Waals surface area contributed by atoms with E-state index >= 15 is 0 Å². The Balaban J connectivity index is 0.00000529. The van der Waals surface area contributed by atoms with Crippen molar-refractivity contribution in [2.75, 3.05) is 6.54 Å². The summed E-state index contributed by atoms with van der Waals surface area (Å²) in [5, 5.41) is 17.3. The molecule has 1 aromatic rings. The fourth-order valence-corrected chi connectivity index (χ4v) is 1.66. The van der Waals surface area contributed by atoms with Crippen LogP contribution >= 0.6 is 24.0 Å². The molecule has 1 unspecified atom stereocenters. The lowest BCUT2D eigenvalue weighted by atomic mass is 10.1. The predicted octanol–water partition coefficient (Wildman–Crippen LogP) is 3.87. The molecule has 2 N–H and O–H groups in total. The molecule has 0 spiro atoms. The Bertz CT molecular complexity index is 570.